The van der Waals surface area contributed by atoms with Gasteiger partial charge < -0.3 is 10.1 Å². The fourth-order valence-corrected chi connectivity index (χ4v) is 5.66. The first-order chi connectivity index (χ1) is 20.8. The molecule has 1 aromatic carbocycles. The molecule has 1 N–H and O–H groups in total. The zero-order valence-electron chi connectivity index (χ0n) is 24.0. The second-order valence-electron chi connectivity index (χ2n) is 10.6. The van der Waals surface area contributed by atoms with Crippen molar-refractivity contribution in [3.05, 3.63) is 82.1 Å². The van der Waals surface area contributed by atoms with Crippen molar-refractivity contribution in [2.75, 3.05) is 18.5 Å². The maximum atomic E-state index is 15.5. The molecule has 0 saturated carbocycles. The highest BCUT2D eigenvalue weighted by Gasteiger charge is 2.24. The van der Waals surface area contributed by atoms with Crippen LogP contribution in [0.2, 0.25) is 5.02 Å². The predicted molar refractivity (Wildman–Crippen MR) is 161 cm³/mol. The van der Waals surface area contributed by atoms with Gasteiger partial charge in [-0.25, -0.2) is 14.1 Å². The molecule has 5 heterocycles. The molecule has 0 fully saturated rings. The maximum absolute atomic E-state index is 15.5. The van der Waals surface area contributed by atoms with E-state index in [9.17, 15) is 4.79 Å². The Morgan fingerprint density at radius 1 is 1.19 bits per heavy atom. The zero-order valence-corrected chi connectivity index (χ0v) is 24.8. The summed E-state index contributed by atoms with van der Waals surface area (Å²) in [7, 11) is 1.90. The average molecular weight is 604 g/mol. The van der Waals surface area contributed by atoms with E-state index in [0.717, 1.165) is 42.0 Å². The van der Waals surface area contributed by atoms with Gasteiger partial charge in [0.2, 0.25) is 0 Å². The lowest BCUT2D eigenvalue weighted by Gasteiger charge is -2.22. The highest BCUT2D eigenvalue weighted by molar-refractivity contribution is 6.31. The van der Waals surface area contributed by atoms with Crippen LogP contribution in [-0.2, 0) is 7.05 Å². The summed E-state index contributed by atoms with van der Waals surface area (Å²) in [4.78, 5) is 23.0. The number of pyridine rings is 1. The number of aromatic nitrogens is 8. The monoisotopic (exact) mass is 603 g/mol. The predicted octanol–water partition coefficient (Wildman–Crippen LogP) is 5.30. The van der Waals surface area contributed by atoms with E-state index in [1.807, 2.05) is 37.0 Å². The van der Waals surface area contributed by atoms with Crippen LogP contribution in [0, 0.1) is 11.7 Å². The molecule has 0 spiro atoms. The Labute approximate surface area is 252 Å². The number of nitrogens with zero attached hydrogens (tertiary/aromatic N) is 8. The smallest absolute Gasteiger partial charge is 0.254 e. The van der Waals surface area contributed by atoms with Crippen LogP contribution < -0.4 is 15.6 Å². The van der Waals surface area contributed by atoms with Crippen molar-refractivity contribution in [1.82, 2.24) is 39.3 Å². The topological polar surface area (TPSA) is 118 Å². The Kier molecular flexibility index (Phi) is 7.94. The van der Waals surface area contributed by atoms with Gasteiger partial charge in [-0.3, -0.25) is 19.0 Å². The van der Waals surface area contributed by atoms with E-state index in [4.69, 9.17) is 16.3 Å². The largest absolute Gasteiger partial charge is 0.476 e. The van der Waals surface area contributed by atoms with E-state index < -0.39 is 5.82 Å². The van der Waals surface area contributed by atoms with E-state index in [2.05, 4.69) is 37.6 Å². The number of aryl methyl sites for hydroxylation is 1. The van der Waals surface area contributed by atoms with Crippen molar-refractivity contribution in [2.45, 2.75) is 39.2 Å². The molecule has 1 aliphatic heterocycles. The van der Waals surface area contributed by atoms with Crippen molar-refractivity contribution in [2.24, 2.45) is 13.0 Å². The van der Waals surface area contributed by atoms with Crippen molar-refractivity contribution in [3.8, 4) is 34.1 Å². The number of anilines is 1. The molecule has 13 heteroatoms. The number of fused-ring (bicyclic) bond motifs is 4. The molecule has 2 bridgehead atoms. The number of benzene rings is 1. The second kappa shape index (κ2) is 12.0. The Morgan fingerprint density at radius 2 is 2.05 bits per heavy atom. The Bertz CT molecular complexity index is 1830. The fourth-order valence-electron chi connectivity index (χ4n) is 5.50. The van der Waals surface area contributed by atoms with Crippen molar-refractivity contribution < 1.29 is 9.13 Å². The lowest BCUT2D eigenvalue weighted by molar-refractivity contribution is 0.326. The third kappa shape index (κ3) is 5.62. The standard InChI is InChI=1S/C30H31ClFN9O2/c1-4-43-26-16-41(38-37-26)25-9-8-20(31)29(32)28(25)22-13-27(42)40(17-35-22)24-7-5-6-18(2)14-34-23-15-36-39(3)30(23)19-10-11-33-21(24)12-19/h8-13,15-18,24,34H,4-7,14H2,1-3H3/t18-,24+/m1/s1. The molecule has 11 nitrogen and oxygen atoms in total. The van der Waals surface area contributed by atoms with Gasteiger partial charge in [-0.2, -0.15) is 5.10 Å². The minimum Gasteiger partial charge on any atom is -0.476 e. The average Bonchev–Trinajstić information content (AvgIpc) is 3.62. The van der Waals surface area contributed by atoms with Crippen LogP contribution in [0.5, 0.6) is 5.88 Å². The summed E-state index contributed by atoms with van der Waals surface area (Å²) < 4.78 is 25.7. The Hall–Kier alpha value is -4.58. The molecule has 6 rings (SSSR count). The van der Waals surface area contributed by atoms with Crippen LogP contribution in [-0.4, -0.2) is 52.5 Å². The van der Waals surface area contributed by atoms with Crippen LogP contribution in [0.15, 0.2) is 60.0 Å². The molecule has 1 aliphatic rings. The van der Waals surface area contributed by atoms with Gasteiger partial charge >= 0.3 is 0 Å². The molecule has 222 valence electrons. The molecular weight excluding hydrogens is 573 g/mol. The van der Waals surface area contributed by atoms with Gasteiger partial charge in [0.05, 0.1) is 70.4 Å². The Morgan fingerprint density at radius 3 is 2.86 bits per heavy atom. The van der Waals surface area contributed by atoms with Crippen molar-refractivity contribution in [3.63, 3.8) is 0 Å². The summed E-state index contributed by atoms with van der Waals surface area (Å²) in [5, 5.41) is 15.9. The van der Waals surface area contributed by atoms with E-state index >= 15 is 4.39 Å². The third-order valence-electron chi connectivity index (χ3n) is 7.66. The number of hydrogen-bond donors (Lipinski definition) is 1. The quantitative estimate of drug-likeness (QED) is 0.288. The van der Waals surface area contributed by atoms with Crippen molar-refractivity contribution >= 4 is 17.3 Å². The summed E-state index contributed by atoms with van der Waals surface area (Å²) >= 11 is 6.17. The minimum atomic E-state index is -0.716. The van der Waals surface area contributed by atoms with E-state index in [1.54, 1.807) is 16.8 Å². The van der Waals surface area contributed by atoms with Crippen LogP contribution in [0.3, 0.4) is 0 Å². The molecule has 4 aromatic heterocycles. The first-order valence-corrected chi connectivity index (χ1v) is 14.6. The van der Waals surface area contributed by atoms with Gasteiger partial charge in [0.25, 0.3) is 11.4 Å². The molecule has 2 atom stereocenters. The first-order valence-electron chi connectivity index (χ1n) is 14.2. The molecule has 0 aliphatic carbocycles. The molecule has 0 saturated heterocycles. The fraction of sp³-hybridized carbons (Fsp3) is 0.333. The number of rotatable bonds is 5. The molecule has 0 amide bonds. The first kappa shape index (κ1) is 28.5. The van der Waals surface area contributed by atoms with Gasteiger partial charge in [0.1, 0.15) is 0 Å². The number of ether oxygens (including phenoxy) is 1. The molecule has 0 unspecified atom stereocenters. The zero-order chi connectivity index (χ0) is 30.1. The van der Waals surface area contributed by atoms with E-state index in [1.165, 1.54) is 29.3 Å². The maximum Gasteiger partial charge on any atom is 0.254 e. The van der Waals surface area contributed by atoms with Crippen LogP contribution in [0.25, 0.3) is 28.2 Å². The molecule has 43 heavy (non-hydrogen) atoms. The van der Waals surface area contributed by atoms with Gasteiger partial charge in [0, 0.05) is 31.4 Å². The summed E-state index contributed by atoms with van der Waals surface area (Å²) in [5.74, 6) is -0.0269. The summed E-state index contributed by atoms with van der Waals surface area (Å²) in [6.45, 7) is 5.24. The minimum absolute atomic E-state index is 0.0357. The van der Waals surface area contributed by atoms with Crippen LogP contribution >= 0.6 is 11.6 Å². The lowest BCUT2D eigenvalue weighted by atomic mass is 9.97. The highest BCUT2D eigenvalue weighted by atomic mass is 35.5. The number of halogens is 2. The number of nitrogens with one attached hydrogen (secondary N) is 1. The van der Waals surface area contributed by atoms with Gasteiger partial charge in [-0.15, -0.1) is 0 Å². The summed E-state index contributed by atoms with van der Waals surface area (Å²) in [6, 6.07) is 7.90. The Balaban J connectivity index is 1.43. The summed E-state index contributed by atoms with van der Waals surface area (Å²) in [6.07, 6.45) is 9.07. The SMILES string of the molecule is CCOc1cn(-c2ccc(Cl)c(F)c2-c2cc(=O)n([C@H]3CCC[C@@H](C)CNc4cnn(C)c4-c4ccnc3c4)cn2)nn1. The van der Waals surface area contributed by atoms with Gasteiger partial charge in [0.15, 0.2) is 5.82 Å². The van der Waals surface area contributed by atoms with Crippen molar-refractivity contribution in [1.29, 1.82) is 0 Å². The molecule has 5 aromatic rings. The van der Waals surface area contributed by atoms with Crippen LogP contribution in [0.4, 0.5) is 10.1 Å². The molecular formula is C30H31ClFN9O2. The van der Waals surface area contributed by atoms with E-state index in [-0.39, 0.29) is 33.8 Å². The second-order valence-corrected chi connectivity index (χ2v) is 11.0. The number of hydrogen-bond acceptors (Lipinski definition) is 8. The third-order valence-corrected chi connectivity index (χ3v) is 7.95. The molecule has 0 radical (unpaired) electrons. The van der Waals surface area contributed by atoms with Gasteiger partial charge in [-0.05, 0) is 49.9 Å². The van der Waals surface area contributed by atoms with Crippen LogP contribution in [0.1, 0.15) is 44.8 Å². The highest BCUT2D eigenvalue weighted by Crippen LogP contribution is 2.34. The van der Waals surface area contributed by atoms with Gasteiger partial charge in [-0.1, -0.05) is 35.3 Å². The lowest BCUT2D eigenvalue weighted by Crippen LogP contribution is -2.27. The van der Waals surface area contributed by atoms with E-state index in [0.29, 0.717) is 24.6 Å². The summed E-state index contributed by atoms with van der Waals surface area (Å²) in [5.41, 5.74) is 3.70. The normalized spacial score (nSPS) is 17.0.